The first-order valence-electron chi connectivity index (χ1n) is 7.99. The number of carbonyl (C=O) groups excluding carboxylic acids is 2. The fourth-order valence-corrected chi connectivity index (χ4v) is 2.29. The summed E-state index contributed by atoms with van der Waals surface area (Å²) in [4.78, 5) is 27.3. The van der Waals surface area contributed by atoms with Crippen molar-refractivity contribution in [1.82, 2.24) is 10.1 Å². The maximum absolute atomic E-state index is 11.8. The van der Waals surface area contributed by atoms with Gasteiger partial charge in [0, 0.05) is 16.1 Å². The number of benzene rings is 2. The molecule has 7 nitrogen and oxygen atoms in total. The van der Waals surface area contributed by atoms with E-state index in [4.69, 9.17) is 25.6 Å². The Morgan fingerprint density at radius 3 is 2.67 bits per heavy atom. The molecule has 0 bridgehead atoms. The zero-order valence-electron chi connectivity index (χ0n) is 14.3. The number of ether oxygens (including phenoxy) is 2. The van der Waals surface area contributed by atoms with Gasteiger partial charge < -0.3 is 14.0 Å². The van der Waals surface area contributed by atoms with Gasteiger partial charge in [0.1, 0.15) is 5.75 Å². The molecule has 8 heteroatoms. The summed E-state index contributed by atoms with van der Waals surface area (Å²) < 4.78 is 15.4. The lowest BCUT2D eigenvalue weighted by molar-refractivity contribution is -0.148. The molecule has 1 aromatic heterocycles. The van der Waals surface area contributed by atoms with Crippen molar-refractivity contribution in [3.8, 4) is 17.1 Å². The lowest BCUT2D eigenvalue weighted by atomic mass is 10.1. The van der Waals surface area contributed by atoms with E-state index in [9.17, 15) is 9.59 Å². The van der Waals surface area contributed by atoms with Gasteiger partial charge in [-0.15, -0.1) is 0 Å². The number of aromatic nitrogens is 2. The van der Waals surface area contributed by atoms with Crippen LogP contribution in [-0.2, 0) is 16.1 Å². The third kappa shape index (κ3) is 5.15. The van der Waals surface area contributed by atoms with Crippen LogP contribution in [0.25, 0.3) is 11.4 Å². The summed E-state index contributed by atoms with van der Waals surface area (Å²) in [5.41, 5.74) is 1.23. The van der Waals surface area contributed by atoms with E-state index >= 15 is 0 Å². The summed E-state index contributed by atoms with van der Waals surface area (Å²) in [5.74, 6) is 0.245. The molecule has 0 radical (unpaired) electrons. The van der Waals surface area contributed by atoms with Crippen LogP contribution in [0.1, 0.15) is 23.2 Å². The molecular formula is C19H15ClN2O5. The fraction of sp³-hybridized carbons (Fsp3) is 0.158. The van der Waals surface area contributed by atoms with Crippen molar-refractivity contribution >= 4 is 23.4 Å². The van der Waals surface area contributed by atoms with Gasteiger partial charge in [-0.2, -0.15) is 4.98 Å². The molecule has 2 aromatic carbocycles. The molecular weight excluding hydrogens is 372 g/mol. The molecule has 0 aliphatic heterocycles. The first-order valence-corrected chi connectivity index (χ1v) is 8.37. The lowest BCUT2D eigenvalue weighted by Gasteiger charge is -2.06. The van der Waals surface area contributed by atoms with Crippen LogP contribution in [0.15, 0.2) is 53.1 Å². The van der Waals surface area contributed by atoms with Crippen LogP contribution in [0.5, 0.6) is 5.75 Å². The molecule has 0 aliphatic carbocycles. The Labute approximate surface area is 159 Å². The van der Waals surface area contributed by atoms with Crippen LogP contribution < -0.4 is 4.74 Å². The number of rotatable bonds is 7. The summed E-state index contributed by atoms with van der Waals surface area (Å²) in [5, 5.41) is 4.43. The standard InChI is InChI=1S/C19H15ClN2O5/c1-12(23)14-3-2-4-16(9-14)25-11-18(24)26-10-17-21-19(22-27-17)13-5-7-15(20)8-6-13/h2-9H,10-11H2,1H3. The predicted molar refractivity (Wildman–Crippen MR) is 96.5 cm³/mol. The quantitative estimate of drug-likeness (QED) is 0.451. The van der Waals surface area contributed by atoms with E-state index in [1.165, 1.54) is 6.92 Å². The Hall–Kier alpha value is -3.19. The van der Waals surface area contributed by atoms with E-state index in [1.54, 1.807) is 48.5 Å². The minimum atomic E-state index is -0.602. The zero-order valence-corrected chi connectivity index (χ0v) is 15.1. The fourth-order valence-electron chi connectivity index (χ4n) is 2.16. The second kappa shape index (κ2) is 8.46. The third-order valence-electron chi connectivity index (χ3n) is 3.52. The largest absolute Gasteiger partial charge is 0.482 e. The lowest BCUT2D eigenvalue weighted by Crippen LogP contribution is -2.15. The van der Waals surface area contributed by atoms with Crippen molar-refractivity contribution in [3.63, 3.8) is 0 Å². The molecule has 3 rings (SSSR count). The van der Waals surface area contributed by atoms with Gasteiger partial charge in [0.15, 0.2) is 19.0 Å². The Kier molecular flexibility index (Phi) is 5.83. The van der Waals surface area contributed by atoms with Crippen molar-refractivity contribution in [1.29, 1.82) is 0 Å². The van der Waals surface area contributed by atoms with Gasteiger partial charge in [-0.1, -0.05) is 28.9 Å². The summed E-state index contributed by atoms with van der Waals surface area (Å²) >= 11 is 5.84. The van der Waals surface area contributed by atoms with Gasteiger partial charge in [-0.05, 0) is 43.3 Å². The van der Waals surface area contributed by atoms with Crippen molar-refractivity contribution in [2.75, 3.05) is 6.61 Å². The van der Waals surface area contributed by atoms with Gasteiger partial charge >= 0.3 is 5.97 Å². The molecule has 138 valence electrons. The molecule has 0 N–H and O–H groups in total. The first kappa shape index (κ1) is 18.6. The van der Waals surface area contributed by atoms with E-state index in [0.717, 1.165) is 5.56 Å². The number of Topliss-reactive ketones (excluding diaryl/α,β-unsaturated/α-hetero) is 1. The first-order chi connectivity index (χ1) is 13.0. The molecule has 0 spiro atoms. The highest BCUT2D eigenvalue weighted by molar-refractivity contribution is 6.30. The summed E-state index contributed by atoms with van der Waals surface area (Å²) in [7, 11) is 0. The van der Waals surface area contributed by atoms with E-state index in [1.807, 2.05) is 0 Å². The molecule has 27 heavy (non-hydrogen) atoms. The average molecular weight is 387 g/mol. The molecule has 1 heterocycles. The summed E-state index contributed by atoms with van der Waals surface area (Å²) in [6.07, 6.45) is 0. The van der Waals surface area contributed by atoms with Crippen LogP contribution in [0, 0.1) is 0 Å². The van der Waals surface area contributed by atoms with E-state index < -0.39 is 5.97 Å². The number of ketones is 1. The normalized spacial score (nSPS) is 10.4. The topological polar surface area (TPSA) is 91.5 Å². The third-order valence-corrected chi connectivity index (χ3v) is 3.78. The molecule has 0 fully saturated rings. The number of hydrogen-bond acceptors (Lipinski definition) is 7. The monoisotopic (exact) mass is 386 g/mol. The van der Waals surface area contributed by atoms with E-state index in [-0.39, 0.29) is 24.9 Å². The van der Waals surface area contributed by atoms with Crippen LogP contribution in [-0.4, -0.2) is 28.5 Å². The molecule has 0 saturated heterocycles. The van der Waals surface area contributed by atoms with E-state index in [2.05, 4.69) is 10.1 Å². The number of hydrogen-bond donors (Lipinski definition) is 0. The van der Waals surface area contributed by atoms with Gasteiger partial charge in [0.05, 0.1) is 0 Å². The van der Waals surface area contributed by atoms with Crippen molar-refractivity contribution in [2.24, 2.45) is 0 Å². The van der Waals surface area contributed by atoms with Crippen molar-refractivity contribution < 1.29 is 23.6 Å². The minimum Gasteiger partial charge on any atom is -0.482 e. The van der Waals surface area contributed by atoms with Gasteiger partial charge in [0.2, 0.25) is 5.82 Å². The Balaban J connectivity index is 1.50. The highest BCUT2D eigenvalue weighted by Gasteiger charge is 2.12. The number of carbonyl (C=O) groups is 2. The molecule has 3 aromatic rings. The highest BCUT2D eigenvalue weighted by Crippen LogP contribution is 2.19. The minimum absolute atomic E-state index is 0.0871. The predicted octanol–water partition coefficient (Wildman–Crippen LogP) is 3.71. The van der Waals surface area contributed by atoms with Crippen LogP contribution in [0.2, 0.25) is 5.02 Å². The number of nitrogens with zero attached hydrogens (tertiary/aromatic N) is 2. The molecule has 0 aliphatic rings. The molecule has 0 unspecified atom stereocenters. The van der Waals surface area contributed by atoms with Crippen molar-refractivity contribution in [3.05, 3.63) is 65.0 Å². The van der Waals surface area contributed by atoms with Gasteiger partial charge in [-0.25, -0.2) is 4.79 Å². The molecule has 0 atom stereocenters. The zero-order chi connectivity index (χ0) is 19.2. The second-order valence-corrected chi connectivity index (χ2v) is 5.99. The Morgan fingerprint density at radius 1 is 1.15 bits per heavy atom. The maximum Gasteiger partial charge on any atom is 0.344 e. The van der Waals surface area contributed by atoms with Crippen molar-refractivity contribution in [2.45, 2.75) is 13.5 Å². The van der Waals surface area contributed by atoms with Gasteiger partial charge in [0.25, 0.3) is 5.89 Å². The Bertz CT molecular complexity index is 953. The highest BCUT2D eigenvalue weighted by atomic mass is 35.5. The number of esters is 1. The Morgan fingerprint density at radius 2 is 1.93 bits per heavy atom. The molecule has 0 amide bonds. The summed E-state index contributed by atoms with van der Waals surface area (Å²) in [6, 6.07) is 13.5. The average Bonchev–Trinajstić information content (AvgIpc) is 3.14. The second-order valence-electron chi connectivity index (χ2n) is 5.55. The SMILES string of the molecule is CC(=O)c1cccc(OCC(=O)OCc2nc(-c3ccc(Cl)cc3)no2)c1. The smallest absolute Gasteiger partial charge is 0.344 e. The van der Waals surface area contributed by atoms with Crippen LogP contribution >= 0.6 is 11.6 Å². The van der Waals surface area contributed by atoms with Gasteiger partial charge in [-0.3, -0.25) is 4.79 Å². The summed E-state index contributed by atoms with van der Waals surface area (Å²) in [6.45, 7) is 0.978. The molecule has 0 saturated carbocycles. The van der Waals surface area contributed by atoms with Crippen LogP contribution in [0.3, 0.4) is 0 Å². The van der Waals surface area contributed by atoms with Crippen LogP contribution in [0.4, 0.5) is 0 Å². The van der Waals surface area contributed by atoms with E-state index in [0.29, 0.717) is 22.2 Å². The maximum atomic E-state index is 11.8. The number of halogens is 1.